The Kier molecular flexibility index (Phi) is 21.9. The minimum absolute atomic E-state index is 0.00550. The van der Waals surface area contributed by atoms with Gasteiger partial charge in [0.2, 0.25) is 0 Å². The van der Waals surface area contributed by atoms with E-state index in [1.165, 1.54) is 83.1 Å². The molecule has 1 aromatic carbocycles. The van der Waals surface area contributed by atoms with Crippen LogP contribution in [-0.2, 0) is 15.9 Å². The lowest BCUT2D eigenvalue weighted by molar-refractivity contribution is -0.148. The van der Waals surface area contributed by atoms with Crippen molar-refractivity contribution in [3.63, 3.8) is 0 Å². The summed E-state index contributed by atoms with van der Waals surface area (Å²) in [5.41, 5.74) is 0.720. The van der Waals surface area contributed by atoms with Crippen molar-refractivity contribution in [3.05, 3.63) is 23.8 Å². The van der Waals surface area contributed by atoms with Crippen LogP contribution in [0.25, 0.3) is 0 Å². The van der Waals surface area contributed by atoms with Crippen LogP contribution in [0, 0.1) is 0 Å². The van der Waals surface area contributed by atoms with Crippen LogP contribution in [0.5, 0.6) is 11.5 Å². The quantitative estimate of drug-likeness (QED) is 0.0530. The van der Waals surface area contributed by atoms with Gasteiger partial charge in [0.1, 0.15) is 0 Å². The fraction of sp³-hybridized carbons (Fsp3) is 0.781. The molecule has 0 bridgehead atoms. The van der Waals surface area contributed by atoms with Crippen molar-refractivity contribution < 1.29 is 29.2 Å². The van der Waals surface area contributed by atoms with Gasteiger partial charge in [-0.1, -0.05) is 116 Å². The summed E-state index contributed by atoms with van der Waals surface area (Å²) in [5, 5.41) is 19.0. The summed E-state index contributed by atoms with van der Waals surface area (Å²) in [6, 6.07) is 4.99. The summed E-state index contributed by atoms with van der Waals surface area (Å²) in [7, 11) is 0. The molecule has 0 amide bonds. The third kappa shape index (κ3) is 18.5. The van der Waals surface area contributed by atoms with Crippen LogP contribution in [-0.4, -0.2) is 35.9 Å². The van der Waals surface area contributed by atoms with Gasteiger partial charge in [-0.2, -0.15) is 0 Å². The molecule has 0 aliphatic heterocycles. The molecule has 220 valence electrons. The second-order valence-electron chi connectivity index (χ2n) is 10.5. The highest BCUT2D eigenvalue weighted by molar-refractivity contribution is 5.63. The van der Waals surface area contributed by atoms with Crippen molar-refractivity contribution in [2.45, 2.75) is 149 Å². The zero-order chi connectivity index (χ0) is 27.7. The van der Waals surface area contributed by atoms with Crippen molar-refractivity contribution in [1.29, 1.82) is 0 Å². The number of benzene rings is 1. The Morgan fingerprint density at radius 3 is 1.76 bits per heavy atom. The normalized spacial score (nSPS) is 11.3. The Hall–Kier alpha value is -1.79. The topological polar surface area (TPSA) is 85.2 Å². The number of aromatic hydroxyl groups is 1. The fourth-order valence-electron chi connectivity index (χ4n) is 4.69. The van der Waals surface area contributed by atoms with Gasteiger partial charge < -0.3 is 24.4 Å². The summed E-state index contributed by atoms with van der Waals surface area (Å²) < 4.78 is 16.9. The molecular weight excluding hydrogens is 480 g/mol. The molecule has 1 aromatic rings. The van der Waals surface area contributed by atoms with Gasteiger partial charge in [0.15, 0.2) is 17.8 Å². The minimum Gasteiger partial charge on any atom is -0.504 e. The molecule has 0 saturated carbocycles. The maximum absolute atomic E-state index is 10.8. The van der Waals surface area contributed by atoms with Crippen LogP contribution in [0.2, 0.25) is 0 Å². The average Bonchev–Trinajstić information content (AvgIpc) is 2.90. The maximum Gasteiger partial charge on any atom is 0.511 e. The molecule has 6 nitrogen and oxygen atoms in total. The van der Waals surface area contributed by atoms with E-state index in [0.717, 1.165) is 63.7 Å². The molecule has 6 heteroatoms. The first-order chi connectivity index (χ1) is 18.6. The molecule has 1 rings (SSSR count). The van der Waals surface area contributed by atoms with E-state index in [-0.39, 0.29) is 17.8 Å². The highest BCUT2D eigenvalue weighted by atomic mass is 16.7. The van der Waals surface area contributed by atoms with Gasteiger partial charge in [-0.3, -0.25) is 0 Å². The predicted octanol–water partition coefficient (Wildman–Crippen LogP) is 9.80. The molecule has 0 fully saturated rings. The van der Waals surface area contributed by atoms with Crippen molar-refractivity contribution in [2.75, 3.05) is 13.2 Å². The molecule has 0 heterocycles. The molecule has 0 spiro atoms. The summed E-state index contributed by atoms with van der Waals surface area (Å²) in [5.74, 6) is -0.0819. The molecule has 38 heavy (non-hydrogen) atoms. The van der Waals surface area contributed by atoms with Crippen molar-refractivity contribution in [2.24, 2.45) is 0 Å². The van der Waals surface area contributed by atoms with E-state index in [1.807, 2.05) is 6.07 Å². The van der Waals surface area contributed by atoms with Gasteiger partial charge in [0, 0.05) is 13.2 Å². The van der Waals surface area contributed by atoms with E-state index in [2.05, 4.69) is 18.6 Å². The Bertz CT molecular complexity index is 673. The fourth-order valence-corrected chi connectivity index (χ4v) is 4.69. The van der Waals surface area contributed by atoms with Gasteiger partial charge >= 0.3 is 6.16 Å². The SMILES string of the molecule is CCCCCCCCCOC(CCCCCCc1cccc(OC(=O)O)c1O)OCCCCCCCCC. The first kappa shape index (κ1) is 34.2. The highest BCUT2D eigenvalue weighted by Gasteiger charge is 2.12. The van der Waals surface area contributed by atoms with Crippen LogP contribution in [0.15, 0.2) is 18.2 Å². The van der Waals surface area contributed by atoms with Crippen LogP contribution < -0.4 is 4.74 Å². The number of unbranched alkanes of at least 4 members (excludes halogenated alkanes) is 15. The molecular formula is C32H56O6. The first-order valence-electron chi connectivity index (χ1n) is 15.5. The lowest BCUT2D eigenvalue weighted by Crippen LogP contribution is -2.19. The number of rotatable bonds is 26. The zero-order valence-corrected chi connectivity index (χ0v) is 24.4. The second kappa shape index (κ2) is 24.3. The Labute approximate surface area is 232 Å². The van der Waals surface area contributed by atoms with E-state index in [9.17, 15) is 9.90 Å². The first-order valence-corrected chi connectivity index (χ1v) is 15.5. The third-order valence-corrected chi connectivity index (χ3v) is 7.02. The van der Waals surface area contributed by atoms with E-state index in [0.29, 0.717) is 6.42 Å². The van der Waals surface area contributed by atoms with E-state index in [4.69, 9.17) is 14.6 Å². The lowest BCUT2D eigenvalue weighted by atomic mass is 10.0. The maximum atomic E-state index is 10.8. The van der Waals surface area contributed by atoms with E-state index in [1.54, 1.807) is 6.07 Å². The second-order valence-corrected chi connectivity index (χ2v) is 10.5. The molecule has 2 N–H and O–H groups in total. The highest BCUT2D eigenvalue weighted by Crippen LogP contribution is 2.31. The minimum atomic E-state index is -1.42. The number of phenolic OH excluding ortho intramolecular Hbond substituents is 1. The van der Waals surface area contributed by atoms with Gasteiger partial charge in [0.25, 0.3) is 0 Å². The van der Waals surface area contributed by atoms with E-state index < -0.39 is 6.16 Å². The molecule has 0 atom stereocenters. The summed E-state index contributed by atoms with van der Waals surface area (Å²) in [6.45, 7) is 6.07. The van der Waals surface area contributed by atoms with Gasteiger partial charge in [-0.25, -0.2) is 4.79 Å². The van der Waals surface area contributed by atoms with Gasteiger partial charge in [0.05, 0.1) is 0 Å². The molecule has 0 radical (unpaired) electrons. The van der Waals surface area contributed by atoms with Crippen LogP contribution in [0.4, 0.5) is 4.79 Å². The standard InChI is InChI=1S/C32H56O6/c1-3-5-7-9-11-15-19-26-36-30(37-27-20-16-12-10-8-6-4-2)25-18-14-13-17-22-28-23-21-24-29(31(28)33)38-32(34)35/h21,23-24,30,33H,3-20,22,25-27H2,1-2H3,(H,34,35). The Morgan fingerprint density at radius 2 is 1.21 bits per heavy atom. The summed E-state index contributed by atoms with van der Waals surface area (Å²) in [4.78, 5) is 10.8. The molecule has 0 aliphatic rings. The number of hydrogen-bond acceptors (Lipinski definition) is 5. The Balaban J connectivity index is 2.28. The smallest absolute Gasteiger partial charge is 0.504 e. The van der Waals surface area contributed by atoms with Crippen molar-refractivity contribution in [3.8, 4) is 11.5 Å². The van der Waals surface area contributed by atoms with Crippen molar-refractivity contribution >= 4 is 6.16 Å². The molecule has 0 saturated heterocycles. The number of aryl methyl sites for hydroxylation is 1. The van der Waals surface area contributed by atoms with Crippen LogP contribution >= 0.6 is 0 Å². The predicted molar refractivity (Wildman–Crippen MR) is 155 cm³/mol. The van der Waals surface area contributed by atoms with Crippen molar-refractivity contribution in [1.82, 2.24) is 0 Å². The Morgan fingerprint density at radius 1 is 0.711 bits per heavy atom. The largest absolute Gasteiger partial charge is 0.511 e. The molecule has 0 aromatic heterocycles. The van der Waals surface area contributed by atoms with E-state index >= 15 is 0 Å². The number of hydrogen-bond donors (Lipinski definition) is 2. The van der Waals surface area contributed by atoms with Gasteiger partial charge in [-0.15, -0.1) is 0 Å². The average molecular weight is 537 g/mol. The van der Waals surface area contributed by atoms with Crippen LogP contribution in [0.3, 0.4) is 0 Å². The molecule has 0 unspecified atom stereocenters. The third-order valence-electron chi connectivity index (χ3n) is 7.02. The number of phenols is 1. The number of carbonyl (C=O) groups is 1. The zero-order valence-electron chi connectivity index (χ0n) is 24.4. The molecule has 0 aliphatic carbocycles. The lowest BCUT2D eigenvalue weighted by Gasteiger charge is -2.19. The number of carboxylic acid groups (broad SMARTS) is 1. The summed E-state index contributed by atoms with van der Waals surface area (Å²) in [6.07, 6.45) is 22.1. The van der Waals surface area contributed by atoms with Gasteiger partial charge in [-0.05, 0) is 50.2 Å². The summed E-state index contributed by atoms with van der Waals surface area (Å²) >= 11 is 0. The monoisotopic (exact) mass is 536 g/mol. The number of para-hydroxylation sites is 1. The van der Waals surface area contributed by atoms with Crippen LogP contribution in [0.1, 0.15) is 141 Å². The number of ether oxygens (including phenoxy) is 3.